The second-order valence-corrected chi connectivity index (χ2v) is 5.63. The molecule has 0 aliphatic rings. The van der Waals surface area contributed by atoms with Crippen LogP contribution in [0, 0.1) is 17.0 Å². The molecule has 0 amide bonds. The first-order chi connectivity index (χ1) is 9.92. The van der Waals surface area contributed by atoms with Crippen LogP contribution in [-0.4, -0.2) is 14.9 Å². The van der Waals surface area contributed by atoms with Gasteiger partial charge in [-0.25, -0.2) is 10.8 Å². The van der Waals surface area contributed by atoms with Gasteiger partial charge in [-0.1, -0.05) is 15.9 Å². The summed E-state index contributed by atoms with van der Waals surface area (Å²) in [4.78, 5) is 18.3. The van der Waals surface area contributed by atoms with Crippen molar-refractivity contribution in [1.29, 1.82) is 0 Å². The average Bonchev–Trinajstić information content (AvgIpc) is 2.40. The molecule has 0 saturated carbocycles. The van der Waals surface area contributed by atoms with E-state index in [4.69, 9.17) is 10.6 Å². The summed E-state index contributed by atoms with van der Waals surface area (Å²) < 4.78 is 6.97. The Hall–Kier alpha value is -1.78. The molecule has 0 aliphatic carbocycles. The van der Waals surface area contributed by atoms with E-state index >= 15 is 0 Å². The van der Waals surface area contributed by atoms with E-state index in [-0.39, 0.29) is 23.2 Å². The van der Waals surface area contributed by atoms with Crippen molar-refractivity contribution in [3.05, 3.63) is 43.0 Å². The highest BCUT2D eigenvalue weighted by atomic mass is 79.9. The number of nitrogens with one attached hydrogen (secondary N) is 1. The molecule has 0 radical (unpaired) electrons. The van der Waals surface area contributed by atoms with Crippen LogP contribution < -0.4 is 16.0 Å². The van der Waals surface area contributed by atoms with Crippen LogP contribution in [0.3, 0.4) is 0 Å². The first-order valence-electron chi connectivity index (χ1n) is 5.55. The van der Waals surface area contributed by atoms with Crippen LogP contribution in [0.25, 0.3) is 0 Å². The Bertz CT molecular complexity index is 710. The number of ether oxygens (including phenoxy) is 1. The summed E-state index contributed by atoms with van der Waals surface area (Å²) in [6, 6.07) is 5.13. The van der Waals surface area contributed by atoms with Crippen LogP contribution in [0.4, 0.5) is 11.6 Å². The molecule has 1 heterocycles. The van der Waals surface area contributed by atoms with Gasteiger partial charge in [0.2, 0.25) is 5.95 Å². The van der Waals surface area contributed by atoms with E-state index in [0.29, 0.717) is 10.2 Å². The van der Waals surface area contributed by atoms with Gasteiger partial charge in [-0.2, -0.15) is 4.98 Å². The standard InChI is InChI=1S/C11H9Br2N5O3/c1-5-9(18(19)20)10(16-11(15-5)17-14)21-8-3-2-6(12)4-7(8)13/h2-4H,14H2,1H3,(H,15,16,17). The SMILES string of the molecule is Cc1nc(NN)nc(Oc2ccc(Br)cc2Br)c1[N+](=O)[O-]. The van der Waals surface area contributed by atoms with Crippen molar-refractivity contribution in [2.75, 3.05) is 5.43 Å². The number of hydrazine groups is 1. The molecule has 0 aliphatic heterocycles. The number of halogens is 2. The fraction of sp³-hybridized carbons (Fsp3) is 0.0909. The minimum absolute atomic E-state index is 0.0290. The number of anilines is 1. The number of nitrogen functional groups attached to an aromatic ring is 1. The predicted molar refractivity (Wildman–Crippen MR) is 83.1 cm³/mol. The van der Waals surface area contributed by atoms with Gasteiger partial charge < -0.3 is 4.74 Å². The van der Waals surface area contributed by atoms with Gasteiger partial charge in [0.25, 0.3) is 0 Å². The molecule has 21 heavy (non-hydrogen) atoms. The van der Waals surface area contributed by atoms with Gasteiger partial charge in [-0.3, -0.25) is 15.5 Å². The zero-order chi connectivity index (χ0) is 15.6. The molecule has 0 fully saturated rings. The second-order valence-electron chi connectivity index (χ2n) is 3.86. The Labute approximate surface area is 136 Å². The van der Waals surface area contributed by atoms with Crippen molar-refractivity contribution in [2.24, 2.45) is 5.84 Å². The van der Waals surface area contributed by atoms with E-state index in [9.17, 15) is 10.1 Å². The summed E-state index contributed by atoms with van der Waals surface area (Å²) in [7, 11) is 0. The minimum atomic E-state index is -0.599. The van der Waals surface area contributed by atoms with Crippen LogP contribution in [0.15, 0.2) is 27.1 Å². The largest absolute Gasteiger partial charge is 0.432 e. The van der Waals surface area contributed by atoms with Crippen LogP contribution in [0.2, 0.25) is 0 Å². The van der Waals surface area contributed by atoms with Crippen molar-refractivity contribution >= 4 is 43.5 Å². The number of rotatable bonds is 4. The van der Waals surface area contributed by atoms with Crippen molar-refractivity contribution in [3.63, 3.8) is 0 Å². The van der Waals surface area contributed by atoms with Gasteiger partial charge in [0.1, 0.15) is 11.4 Å². The zero-order valence-corrected chi connectivity index (χ0v) is 13.8. The van der Waals surface area contributed by atoms with E-state index in [2.05, 4.69) is 47.3 Å². The van der Waals surface area contributed by atoms with Gasteiger partial charge >= 0.3 is 11.6 Å². The van der Waals surface area contributed by atoms with Crippen molar-refractivity contribution in [2.45, 2.75) is 6.92 Å². The first-order valence-corrected chi connectivity index (χ1v) is 7.13. The summed E-state index contributed by atoms with van der Waals surface area (Å²) in [5, 5.41) is 11.1. The molecule has 1 aromatic carbocycles. The maximum Gasteiger partial charge on any atom is 0.352 e. The maximum atomic E-state index is 11.1. The summed E-state index contributed by atoms with van der Waals surface area (Å²) in [6.07, 6.45) is 0. The summed E-state index contributed by atoms with van der Waals surface area (Å²) in [6.45, 7) is 1.48. The maximum absolute atomic E-state index is 11.1. The second kappa shape index (κ2) is 6.33. The molecule has 0 spiro atoms. The number of nitro groups is 1. The van der Waals surface area contributed by atoms with Crippen molar-refractivity contribution in [3.8, 4) is 11.6 Å². The third kappa shape index (κ3) is 3.46. The van der Waals surface area contributed by atoms with Crippen LogP contribution in [0.1, 0.15) is 5.69 Å². The normalized spacial score (nSPS) is 10.3. The fourth-order valence-corrected chi connectivity index (χ4v) is 2.68. The molecule has 0 bridgehead atoms. The van der Waals surface area contributed by atoms with Gasteiger partial charge in [-0.05, 0) is 41.1 Å². The lowest BCUT2D eigenvalue weighted by Gasteiger charge is -2.09. The van der Waals surface area contributed by atoms with E-state index in [1.54, 1.807) is 18.2 Å². The third-order valence-electron chi connectivity index (χ3n) is 2.44. The molecule has 10 heteroatoms. The summed E-state index contributed by atoms with van der Waals surface area (Å²) in [5.74, 6) is 5.46. The van der Waals surface area contributed by atoms with Crippen LogP contribution in [-0.2, 0) is 0 Å². The quantitative estimate of drug-likeness (QED) is 0.444. The Morgan fingerprint density at radius 1 is 1.38 bits per heavy atom. The third-order valence-corrected chi connectivity index (χ3v) is 3.55. The molecule has 2 aromatic rings. The van der Waals surface area contributed by atoms with E-state index in [0.717, 1.165) is 4.47 Å². The van der Waals surface area contributed by atoms with E-state index in [1.165, 1.54) is 6.92 Å². The van der Waals surface area contributed by atoms with E-state index < -0.39 is 4.92 Å². The molecule has 1 aromatic heterocycles. The molecular weight excluding hydrogens is 410 g/mol. The highest BCUT2D eigenvalue weighted by Crippen LogP contribution is 2.36. The monoisotopic (exact) mass is 417 g/mol. The lowest BCUT2D eigenvalue weighted by atomic mass is 10.3. The molecule has 3 N–H and O–H groups in total. The molecule has 110 valence electrons. The number of benzene rings is 1. The van der Waals surface area contributed by atoms with Crippen molar-refractivity contribution in [1.82, 2.24) is 9.97 Å². The topological polar surface area (TPSA) is 116 Å². The molecular formula is C11H9Br2N5O3. The minimum Gasteiger partial charge on any atom is -0.432 e. The fourth-order valence-electron chi connectivity index (χ4n) is 1.55. The Morgan fingerprint density at radius 2 is 2.10 bits per heavy atom. The van der Waals surface area contributed by atoms with Crippen LogP contribution in [0.5, 0.6) is 11.6 Å². The molecule has 0 atom stereocenters. The van der Waals surface area contributed by atoms with Gasteiger partial charge in [-0.15, -0.1) is 0 Å². The lowest BCUT2D eigenvalue weighted by Crippen LogP contribution is -2.12. The Kier molecular flexibility index (Phi) is 4.70. The van der Waals surface area contributed by atoms with Gasteiger partial charge in [0.05, 0.1) is 9.40 Å². The summed E-state index contributed by atoms with van der Waals surface area (Å²) >= 11 is 6.62. The molecule has 0 unspecified atom stereocenters. The smallest absolute Gasteiger partial charge is 0.352 e. The molecule has 0 saturated heterocycles. The number of aryl methyl sites for hydroxylation is 1. The predicted octanol–water partition coefficient (Wildman–Crippen LogP) is 3.30. The summed E-state index contributed by atoms with van der Waals surface area (Å²) in [5.41, 5.74) is 2.07. The number of nitrogens with zero attached hydrogens (tertiary/aromatic N) is 3. The molecule has 2 rings (SSSR count). The van der Waals surface area contributed by atoms with Gasteiger partial charge in [0, 0.05) is 4.47 Å². The van der Waals surface area contributed by atoms with E-state index in [1.807, 2.05) is 0 Å². The zero-order valence-electron chi connectivity index (χ0n) is 10.6. The van der Waals surface area contributed by atoms with Crippen molar-refractivity contribution < 1.29 is 9.66 Å². The Morgan fingerprint density at radius 3 is 2.67 bits per heavy atom. The number of aromatic nitrogens is 2. The number of nitrogens with two attached hydrogens (primary N) is 1. The highest BCUT2D eigenvalue weighted by Gasteiger charge is 2.24. The Balaban J connectivity index is 2.51. The molecule has 8 nitrogen and oxygen atoms in total. The number of hydrogen-bond donors (Lipinski definition) is 2. The number of hydrogen-bond acceptors (Lipinski definition) is 7. The highest BCUT2D eigenvalue weighted by molar-refractivity contribution is 9.11. The van der Waals surface area contributed by atoms with Crippen LogP contribution >= 0.6 is 31.9 Å². The van der Waals surface area contributed by atoms with Gasteiger partial charge in [0.15, 0.2) is 0 Å². The average molecular weight is 419 g/mol. The lowest BCUT2D eigenvalue weighted by molar-refractivity contribution is -0.386. The first kappa shape index (κ1) is 15.6.